The summed E-state index contributed by atoms with van der Waals surface area (Å²) in [5, 5.41) is 14.4. The van der Waals surface area contributed by atoms with E-state index in [-0.39, 0.29) is 11.6 Å². The average molecular weight is 311 g/mol. The summed E-state index contributed by atoms with van der Waals surface area (Å²) in [5.74, 6) is 1.49. The molecule has 0 unspecified atom stereocenters. The van der Waals surface area contributed by atoms with E-state index in [2.05, 4.69) is 5.11 Å². The summed E-state index contributed by atoms with van der Waals surface area (Å²) in [6.45, 7) is 0.837. The molecule has 3 rings (SSSR count). The Balaban J connectivity index is 1.76. The normalized spacial score (nSPS) is 10.7. The van der Waals surface area contributed by atoms with Gasteiger partial charge in [-0.3, -0.25) is 0 Å². The standard InChI is InChI=1S/C17H17N3O3/c1-22-12-6-8-13(9-7-12)23-11-10-20-15-5-3-2-4-14(15)16(19-18)17(20)21/h2-9,18,21H,10-11H2,1H3. The first-order valence-electron chi connectivity index (χ1n) is 7.19. The molecule has 0 amide bonds. The van der Waals surface area contributed by atoms with Gasteiger partial charge in [0.05, 0.1) is 19.2 Å². The lowest BCUT2D eigenvalue weighted by Crippen LogP contribution is -2.07. The van der Waals surface area contributed by atoms with Gasteiger partial charge in [-0.25, -0.2) is 5.53 Å². The molecule has 1 heterocycles. The van der Waals surface area contributed by atoms with Crippen LogP contribution >= 0.6 is 0 Å². The molecule has 2 N–H and O–H groups in total. The minimum atomic E-state index is -0.0143. The number of hydrogen-bond acceptors (Lipinski definition) is 5. The second-order valence-electron chi connectivity index (χ2n) is 4.98. The van der Waals surface area contributed by atoms with Crippen molar-refractivity contribution in [1.82, 2.24) is 4.57 Å². The highest BCUT2D eigenvalue weighted by atomic mass is 16.5. The van der Waals surface area contributed by atoms with Gasteiger partial charge in [0.1, 0.15) is 18.1 Å². The van der Waals surface area contributed by atoms with Gasteiger partial charge in [0.15, 0.2) is 5.69 Å². The van der Waals surface area contributed by atoms with Gasteiger partial charge in [-0.05, 0) is 30.3 Å². The second-order valence-corrected chi connectivity index (χ2v) is 4.98. The third kappa shape index (κ3) is 2.83. The monoisotopic (exact) mass is 311 g/mol. The SMILES string of the molecule is COc1ccc(OCCn2c(O)c(N=N)c3ccccc32)cc1. The molecule has 0 fully saturated rings. The van der Waals surface area contributed by atoms with E-state index in [0.717, 1.165) is 22.4 Å². The van der Waals surface area contributed by atoms with Gasteiger partial charge in [0.2, 0.25) is 5.88 Å². The molecule has 0 saturated carbocycles. The average Bonchev–Trinajstić information content (AvgIpc) is 2.87. The summed E-state index contributed by atoms with van der Waals surface area (Å²) in [6, 6.07) is 14.8. The van der Waals surface area contributed by atoms with E-state index >= 15 is 0 Å². The Hall–Kier alpha value is -3.02. The van der Waals surface area contributed by atoms with Crippen LogP contribution in [0.1, 0.15) is 0 Å². The molecular formula is C17H17N3O3. The molecule has 0 aliphatic heterocycles. The van der Waals surface area contributed by atoms with Crippen LogP contribution in [-0.4, -0.2) is 23.4 Å². The Morgan fingerprint density at radius 3 is 2.48 bits per heavy atom. The van der Waals surface area contributed by atoms with Crippen molar-refractivity contribution >= 4 is 16.6 Å². The fraction of sp³-hybridized carbons (Fsp3) is 0.176. The summed E-state index contributed by atoms with van der Waals surface area (Å²) in [7, 11) is 1.62. The van der Waals surface area contributed by atoms with Crippen molar-refractivity contribution in [2.45, 2.75) is 6.54 Å². The van der Waals surface area contributed by atoms with Gasteiger partial charge < -0.3 is 19.1 Å². The Bertz CT molecular complexity index is 825. The maximum absolute atomic E-state index is 10.3. The van der Waals surface area contributed by atoms with E-state index < -0.39 is 0 Å². The lowest BCUT2D eigenvalue weighted by Gasteiger charge is -2.09. The van der Waals surface area contributed by atoms with Crippen LogP contribution < -0.4 is 9.47 Å². The fourth-order valence-electron chi connectivity index (χ4n) is 2.53. The Morgan fingerprint density at radius 1 is 1.09 bits per heavy atom. The molecule has 0 saturated heterocycles. The second kappa shape index (κ2) is 6.39. The summed E-state index contributed by atoms with van der Waals surface area (Å²) >= 11 is 0. The van der Waals surface area contributed by atoms with Crippen molar-refractivity contribution < 1.29 is 14.6 Å². The Morgan fingerprint density at radius 2 is 1.78 bits per heavy atom. The van der Waals surface area contributed by atoms with Crippen LogP contribution in [0.2, 0.25) is 0 Å². The molecule has 0 bridgehead atoms. The van der Waals surface area contributed by atoms with E-state index in [4.69, 9.17) is 15.0 Å². The number of ether oxygens (including phenoxy) is 2. The minimum absolute atomic E-state index is 0.0143. The number of nitrogens with zero attached hydrogens (tertiary/aromatic N) is 2. The van der Waals surface area contributed by atoms with Crippen molar-refractivity contribution in [3.05, 3.63) is 48.5 Å². The van der Waals surface area contributed by atoms with E-state index in [1.807, 2.05) is 48.5 Å². The summed E-state index contributed by atoms with van der Waals surface area (Å²) in [5.41, 5.74) is 8.35. The van der Waals surface area contributed by atoms with Crippen LogP contribution in [0.5, 0.6) is 17.4 Å². The van der Waals surface area contributed by atoms with Gasteiger partial charge >= 0.3 is 0 Å². The van der Waals surface area contributed by atoms with Gasteiger partial charge in [-0.2, -0.15) is 5.11 Å². The van der Waals surface area contributed by atoms with E-state index in [1.54, 1.807) is 11.7 Å². The van der Waals surface area contributed by atoms with Crippen molar-refractivity contribution in [2.75, 3.05) is 13.7 Å². The first-order chi connectivity index (χ1) is 11.2. The molecular weight excluding hydrogens is 294 g/mol. The Kier molecular flexibility index (Phi) is 4.14. The minimum Gasteiger partial charge on any atom is -0.497 e. The molecule has 1 aromatic heterocycles. The quantitative estimate of drug-likeness (QED) is 0.673. The maximum Gasteiger partial charge on any atom is 0.220 e. The zero-order valence-electron chi connectivity index (χ0n) is 12.7. The predicted octanol–water partition coefficient (Wildman–Crippen LogP) is 4.10. The summed E-state index contributed by atoms with van der Waals surface area (Å²) < 4.78 is 12.5. The number of para-hydroxylation sites is 1. The molecule has 2 aromatic carbocycles. The van der Waals surface area contributed by atoms with E-state index in [9.17, 15) is 5.11 Å². The lowest BCUT2D eigenvalue weighted by atomic mass is 10.2. The highest BCUT2D eigenvalue weighted by Gasteiger charge is 2.15. The molecule has 6 nitrogen and oxygen atoms in total. The molecule has 118 valence electrons. The van der Waals surface area contributed by atoms with Crippen molar-refractivity contribution in [2.24, 2.45) is 5.11 Å². The largest absolute Gasteiger partial charge is 0.497 e. The highest BCUT2D eigenvalue weighted by Crippen LogP contribution is 2.38. The van der Waals surface area contributed by atoms with Crippen molar-refractivity contribution in [3.8, 4) is 17.4 Å². The zero-order chi connectivity index (χ0) is 16.2. The lowest BCUT2D eigenvalue weighted by molar-refractivity contribution is 0.290. The first kappa shape index (κ1) is 14.9. The molecule has 23 heavy (non-hydrogen) atoms. The van der Waals surface area contributed by atoms with Crippen molar-refractivity contribution in [1.29, 1.82) is 5.53 Å². The number of rotatable bonds is 6. The Labute approximate surface area is 133 Å². The van der Waals surface area contributed by atoms with Crippen LogP contribution in [0.15, 0.2) is 53.6 Å². The van der Waals surface area contributed by atoms with Crippen LogP contribution in [0, 0.1) is 5.53 Å². The number of fused-ring (bicyclic) bond motifs is 1. The summed E-state index contributed by atoms with van der Waals surface area (Å²) in [4.78, 5) is 0. The third-order valence-corrected chi connectivity index (χ3v) is 3.67. The fourth-order valence-corrected chi connectivity index (χ4v) is 2.53. The number of hydrogen-bond donors (Lipinski definition) is 2. The summed E-state index contributed by atoms with van der Waals surface area (Å²) in [6.07, 6.45) is 0. The van der Waals surface area contributed by atoms with Crippen LogP contribution in [-0.2, 0) is 6.54 Å². The van der Waals surface area contributed by atoms with Gasteiger partial charge in [-0.15, -0.1) is 0 Å². The molecule has 0 radical (unpaired) electrons. The number of aromatic nitrogens is 1. The van der Waals surface area contributed by atoms with Gasteiger partial charge in [0, 0.05) is 5.39 Å². The van der Waals surface area contributed by atoms with Crippen molar-refractivity contribution in [3.63, 3.8) is 0 Å². The topological polar surface area (TPSA) is 79.8 Å². The molecule has 0 aliphatic carbocycles. The molecule has 6 heteroatoms. The predicted molar refractivity (Wildman–Crippen MR) is 86.9 cm³/mol. The van der Waals surface area contributed by atoms with E-state index in [0.29, 0.717) is 13.2 Å². The van der Waals surface area contributed by atoms with Gasteiger partial charge in [0.25, 0.3) is 0 Å². The molecule has 0 spiro atoms. The number of benzene rings is 2. The maximum atomic E-state index is 10.3. The molecule has 3 aromatic rings. The van der Waals surface area contributed by atoms with E-state index in [1.165, 1.54) is 0 Å². The molecule has 0 atom stereocenters. The van der Waals surface area contributed by atoms with Crippen LogP contribution in [0.4, 0.5) is 5.69 Å². The van der Waals surface area contributed by atoms with Crippen LogP contribution in [0.25, 0.3) is 10.9 Å². The third-order valence-electron chi connectivity index (χ3n) is 3.67. The highest BCUT2D eigenvalue weighted by molar-refractivity contribution is 5.94. The number of nitrogens with one attached hydrogen (secondary N) is 1. The smallest absolute Gasteiger partial charge is 0.220 e. The van der Waals surface area contributed by atoms with Gasteiger partial charge in [-0.1, -0.05) is 18.2 Å². The number of aromatic hydroxyl groups is 1. The first-order valence-corrected chi connectivity index (χ1v) is 7.19. The zero-order valence-corrected chi connectivity index (χ0v) is 12.7. The van der Waals surface area contributed by atoms with Crippen LogP contribution in [0.3, 0.4) is 0 Å². The molecule has 0 aliphatic rings. The number of methoxy groups -OCH3 is 1.